The Morgan fingerprint density at radius 2 is 0.507 bits per heavy atom. The fraction of sp³-hybridized carbons (Fsp3) is 0.984. The third kappa shape index (κ3) is 53.0. The molecule has 0 aliphatic rings. The summed E-state index contributed by atoms with van der Waals surface area (Å²) in [7, 11) is 0. The lowest BCUT2D eigenvalue weighted by Gasteiger charge is -2.26. The quantitative estimate of drug-likeness (QED) is 0.0457. The molecule has 0 fully saturated rings. The van der Waals surface area contributed by atoms with Crippen LogP contribution in [0.4, 0.5) is 0 Å². The van der Waals surface area contributed by atoms with Crippen molar-refractivity contribution in [2.45, 2.75) is 385 Å². The Morgan fingerprint density at radius 1 is 0.313 bits per heavy atom. The van der Waals surface area contributed by atoms with Gasteiger partial charge < -0.3 is 20.6 Å². The van der Waals surface area contributed by atoms with Gasteiger partial charge in [-0.1, -0.05) is 348 Å². The van der Waals surface area contributed by atoms with Crippen LogP contribution in [-0.2, 0) is 4.79 Å². The second kappa shape index (κ2) is 57.9. The minimum Gasteiger partial charge on any atom is -0.394 e. The van der Waals surface area contributed by atoms with Crippen LogP contribution in [0.3, 0.4) is 0 Å². The van der Waals surface area contributed by atoms with E-state index >= 15 is 0 Å². The maximum atomic E-state index is 12.5. The van der Waals surface area contributed by atoms with Crippen LogP contribution in [-0.4, -0.2) is 46.1 Å². The summed E-state index contributed by atoms with van der Waals surface area (Å²) in [6.45, 7) is 4.23. The van der Waals surface area contributed by atoms with Gasteiger partial charge in [-0.25, -0.2) is 0 Å². The molecular weight excluding hydrogens is 823 g/mol. The van der Waals surface area contributed by atoms with Crippen molar-refractivity contribution in [2.24, 2.45) is 0 Å². The summed E-state index contributed by atoms with van der Waals surface area (Å²) < 4.78 is 0. The minimum atomic E-state index is -1.13. The van der Waals surface area contributed by atoms with Gasteiger partial charge in [-0.05, 0) is 12.8 Å². The van der Waals surface area contributed by atoms with Gasteiger partial charge in [-0.3, -0.25) is 4.79 Å². The molecule has 0 spiro atoms. The van der Waals surface area contributed by atoms with Crippen LogP contribution in [0.2, 0.25) is 0 Å². The Bertz CT molecular complexity index is 914. The third-order valence-corrected chi connectivity index (χ3v) is 15.2. The smallest absolute Gasteiger partial charge is 0.220 e. The van der Waals surface area contributed by atoms with E-state index in [1.54, 1.807) is 0 Å². The third-order valence-electron chi connectivity index (χ3n) is 15.2. The SMILES string of the molecule is CCCCCCCCCCCCCCCCCCCCCCCCCCCCCCCCCCCCCCCC(=O)NC(CO)C(O)C(O)CCCCCCCCCCCCCCCCCC. The van der Waals surface area contributed by atoms with E-state index in [1.807, 2.05) is 0 Å². The number of carbonyl (C=O) groups excluding carboxylic acids is 1. The number of rotatable bonds is 59. The fourth-order valence-corrected chi connectivity index (χ4v) is 10.4. The zero-order valence-corrected chi connectivity index (χ0v) is 46.1. The molecular formula is C62H125NO4. The van der Waals surface area contributed by atoms with E-state index in [0.717, 1.165) is 32.1 Å². The minimum absolute atomic E-state index is 0.135. The number of unbranched alkanes of at least 4 members (excludes halogenated alkanes) is 51. The largest absolute Gasteiger partial charge is 0.394 e. The highest BCUT2D eigenvalue weighted by molar-refractivity contribution is 5.76. The molecule has 5 heteroatoms. The van der Waals surface area contributed by atoms with Crippen molar-refractivity contribution in [3.63, 3.8) is 0 Å². The Kier molecular flexibility index (Phi) is 57.4. The molecule has 4 N–H and O–H groups in total. The molecule has 0 aliphatic carbocycles. The van der Waals surface area contributed by atoms with Crippen molar-refractivity contribution in [2.75, 3.05) is 6.61 Å². The molecule has 0 heterocycles. The Balaban J connectivity index is 3.40. The van der Waals surface area contributed by atoms with Crippen molar-refractivity contribution >= 4 is 5.91 Å². The van der Waals surface area contributed by atoms with E-state index < -0.39 is 18.2 Å². The monoisotopic (exact) mass is 948 g/mol. The molecule has 3 unspecified atom stereocenters. The molecule has 0 saturated carbocycles. The summed E-state index contributed by atoms with van der Waals surface area (Å²) in [5.74, 6) is -0.135. The summed E-state index contributed by atoms with van der Waals surface area (Å²) in [4.78, 5) is 12.5. The van der Waals surface area contributed by atoms with Crippen molar-refractivity contribution < 1.29 is 20.1 Å². The van der Waals surface area contributed by atoms with Crippen molar-refractivity contribution in [3.05, 3.63) is 0 Å². The zero-order chi connectivity index (χ0) is 48.6. The van der Waals surface area contributed by atoms with E-state index in [9.17, 15) is 20.1 Å². The average molecular weight is 949 g/mol. The number of aliphatic hydroxyl groups excluding tert-OH is 3. The van der Waals surface area contributed by atoms with Gasteiger partial charge in [0.15, 0.2) is 0 Å². The molecule has 402 valence electrons. The fourth-order valence-electron chi connectivity index (χ4n) is 10.4. The van der Waals surface area contributed by atoms with Crippen LogP contribution in [0, 0.1) is 0 Å². The number of hydrogen-bond donors (Lipinski definition) is 4. The lowest BCUT2D eigenvalue weighted by Crippen LogP contribution is -2.50. The molecule has 5 nitrogen and oxygen atoms in total. The second-order valence-corrected chi connectivity index (χ2v) is 22.0. The van der Waals surface area contributed by atoms with Gasteiger partial charge in [0.2, 0.25) is 5.91 Å². The first-order valence-electron chi connectivity index (χ1n) is 31.3. The topological polar surface area (TPSA) is 89.8 Å². The molecule has 1 amide bonds. The Hall–Kier alpha value is -0.650. The van der Waals surface area contributed by atoms with Crippen molar-refractivity contribution in [1.29, 1.82) is 0 Å². The number of carbonyl (C=O) groups is 1. The molecule has 0 rings (SSSR count). The first kappa shape index (κ1) is 66.3. The maximum Gasteiger partial charge on any atom is 0.220 e. The predicted molar refractivity (Wildman–Crippen MR) is 296 cm³/mol. The number of nitrogens with one attached hydrogen (secondary N) is 1. The highest BCUT2D eigenvalue weighted by Gasteiger charge is 2.26. The molecule has 67 heavy (non-hydrogen) atoms. The molecule has 0 bridgehead atoms. The highest BCUT2D eigenvalue weighted by Crippen LogP contribution is 2.19. The van der Waals surface area contributed by atoms with E-state index in [-0.39, 0.29) is 12.5 Å². The maximum absolute atomic E-state index is 12.5. The molecule has 3 atom stereocenters. The lowest BCUT2D eigenvalue weighted by atomic mass is 9.99. The van der Waals surface area contributed by atoms with Crippen molar-refractivity contribution in [3.8, 4) is 0 Å². The van der Waals surface area contributed by atoms with Crippen molar-refractivity contribution in [1.82, 2.24) is 5.32 Å². The molecule has 0 aromatic heterocycles. The summed E-state index contributed by atoms with van der Waals surface area (Å²) in [6.07, 6.45) is 71.6. The van der Waals surface area contributed by atoms with Crippen LogP contribution in [0.15, 0.2) is 0 Å². The Morgan fingerprint density at radius 3 is 0.716 bits per heavy atom. The van der Waals surface area contributed by atoms with Gasteiger partial charge in [-0.15, -0.1) is 0 Å². The van der Waals surface area contributed by atoms with E-state index in [2.05, 4.69) is 19.2 Å². The standard InChI is InChI=1S/C62H125NO4/c1-3-5-7-9-11-13-15-17-19-21-22-23-24-25-26-27-28-29-30-31-32-33-34-35-36-37-38-39-40-41-43-45-47-49-51-53-55-57-61(66)63-59(58-64)62(67)60(65)56-54-52-50-48-46-44-42-20-18-16-14-12-10-8-6-4-2/h59-60,62,64-65,67H,3-58H2,1-2H3,(H,63,66). The van der Waals surface area contributed by atoms with Gasteiger partial charge in [0.05, 0.1) is 18.8 Å². The van der Waals surface area contributed by atoms with Gasteiger partial charge in [0.1, 0.15) is 6.10 Å². The molecule has 0 aromatic carbocycles. The predicted octanol–water partition coefficient (Wildman–Crippen LogP) is 19.7. The van der Waals surface area contributed by atoms with Crippen LogP contribution in [0.5, 0.6) is 0 Å². The number of amides is 1. The number of hydrogen-bond acceptors (Lipinski definition) is 4. The van der Waals surface area contributed by atoms with Gasteiger partial charge in [0.25, 0.3) is 0 Å². The molecule has 0 aromatic rings. The lowest BCUT2D eigenvalue weighted by molar-refractivity contribution is -0.124. The second-order valence-electron chi connectivity index (χ2n) is 22.0. The first-order chi connectivity index (χ1) is 33.1. The van der Waals surface area contributed by atoms with E-state index in [4.69, 9.17) is 0 Å². The van der Waals surface area contributed by atoms with Crippen LogP contribution >= 0.6 is 0 Å². The number of aliphatic hydroxyl groups is 3. The molecule has 0 saturated heterocycles. The molecule has 0 aliphatic heterocycles. The molecule has 0 radical (unpaired) electrons. The summed E-state index contributed by atoms with van der Waals surface area (Å²) in [6, 6.07) is -0.804. The first-order valence-corrected chi connectivity index (χ1v) is 31.3. The van der Waals surface area contributed by atoms with Gasteiger partial charge in [-0.2, -0.15) is 0 Å². The van der Waals surface area contributed by atoms with Gasteiger partial charge in [0, 0.05) is 6.42 Å². The Labute approximate surface area is 421 Å². The summed E-state index contributed by atoms with van der Waals surface area (Å²) in [5.41, 5.74) is 0. The van der Waals surface area contributed by atoms with Gasteiger partial charge >= 0.3 is 0 Å². The summed E-state index contributed by atoms with van der Waals surface area (Å²) >= 11 is 0. The average Bonchev–Trinajstić information content (AvgIpc) is 3.33. The van der Waals surface area contributed by atoms with E-state index in [1.165, 1.54) is 308 Å². The normalized spacial score (nSPS) is 13.1. The summed E-state index contributed by atoms with van der Waals surface area (Å²) in [5, 5.41) is 33.8. The van der Waals surface area contributed by atoms with E-state index in [0.29, 0.717) is 12.8 Å². The van der Waals surface area contributed by atoms with Crippen LogP contribution in [0.25, 0.3) is 0 Å². The highest BCUT2D eigenvalue weighted by atomic mass is 16.3. The zero-order valence-electron chi connectivity index (χ0n) is 46.1. The van der Waals surface area contributed by atoms with Crippen LogP contribution in [0.1, 0.15) is 367 Å². The van der Waals surface area contributed by atoms with Crippen LogP contribution < -0.4 is 5.32 Å².